The fourth-order valence-electron chi connectivity index (χ4n) is 4.10. The van der Waals surface area contributed by atoms with Crippen molar-refractivity contribution in [1.29, 1.82) is 0 Å². The number of piperidine rings is 1. The van der Waals surface area contributed by atoms with Crippen molar-refractivity contribution in [3.05, 3.63) is 63.7 Å². The Morgan fingerprint density at radius 1 is 1.00 bits per heavy atom. The molecule has 2 aliphatic rings. The van der Waals surface area contributed by atoms with Gasteiger partial charge in [-0.05, 0) is 61.6 Å². The van der Waals surface area contributed by atoms with Gasteiger partial charge in [-0.15, -0.1) is 0 Å². The quantitative estimate of drug-likeness (QED) is 0.403. The van der Waals surface area contributed by atoms with Crippen LogP contribution in [0.15, 0.2) is 42.5 Å². The highest BCUT2D eigenvalue weighted by Gasteiger charge is 2.25. The van der Waals surface area contributed by atoms with Crippen LogP contribution in [0.1, 0.15) is 41.6 Å². The number of non-ortho nitro benzene ring substituents is 1. The van der Waals surface area contributed by atoms with Crippen LogP contribution < -0.4 is 9.80 Å². The molecule has 9 heteroatoms. The summed E-state index contributed by atoms with van der Waals surface area (Å²) < 4.78 is 5.21. The van der Waals surface area contributed by atoms with E-state index in [9.17, 15) is 24.5 Å². The number of nitro groups is 1. The van der Waals surface area contributed by atoms with Crippen LogP contribution in [-0.2, 0) is 20.7 Å². The third-order valence-electron chi connectivity index (χ3n) is 5.76. The first-order chi connectivity index (χ1) is 15.4. The number of carbonyl (C=O) groups excluding carboxylic acids is 3. The van der Waals surface area contributed by atoms with E-state index < -0.39 is 17.5 Å². The molecule has 0 saturated carbocycles. The zero-order chi connectivity index (χ0) is 22.7. The fraction of sp³-hybridized carbons (Fsp3) is 0.348. The number of carbonyl (C=O) groups is 3. The summed E-state index contributed by atoms with van der Waals surface area (Å²) in [6, 6.07) is 11.0. The smallest absolute Gasteiger partial charge is 0.338 e. The Morgan fingerprint density at radius 2 is 1.78 bits per heavy atom. The summed E-state index contributed by atoms with van der Waals surface area (Å²) in [6.45, 7) is 0.693. The molecule has 166 valence electrons. The third-order valence-corrected chi connectivity index (χ3v) is 5.76. The SMILES string of the molecule is O=C(OCC(=O)N1CCCc2cc([N+](=O)[O-])ccc21)c1ccc(N2CCCCC2=O)cc1. The van der Waals surface area contributed by atoms with Crippen molar-refractivity contribution in [2.75, 3.05) is 29.5 Å². The van der Waals surface area contributed by atoms with Crippen LogP contribution in [0.25, 0.3) is 0 Å². The topological polar surface area (TPSA) is 110 Å². The number of nitro benzene ring substituents is 1. The molecule has 2 aromatic rings. The molecule has 0 spiro atoms. The molecule has 4 rings (SSSR count). The van der Waals surface area contributed by atoms with Crippen LogP contribution in [0, 0.1) is 10.1 Å². The van der Waals surface area contributed by atoms with Crippen molar-refractivity contribution in [3.8, 4) is 0 Å². The number of rotatable bonds is 5. The highest BCUT2D eigenvalue weighted by atomic mass is 16.6. The van der Waals surface area contributed by atoms with Crippen molar-refractivity contribution in [3.63, 3.8) is 0 Å². The molecule has 0 N–H and O–H groups in total. The molecule has 0 atom stereocenters. The minimum absolute atomic E-state index is 0.0147. The molecule has 2 aromatic carbocycles. The van der Waals surface area contributed by atoms with E-state index in [2.05, 4.69) is 0 Å². The Bertz CT molecular complexity index is 1070. The number of hydrogen-bond donors (Lipinski definition) is 0. The predicted molar refractivity (Wildman–Crippen MR) is 117 cm³/mol. The molecule has 32 heavy (non-hydrogen) atoms. The number of nitrogens with zero attached hydrogens (tertiary/aromatic N) is 3. The molecule has 2 heterocycles. The molecule has 0 aliphatic carbocycles. The number of hydrogen-bond acceptors (Lipinski definition) is 6. The number of esters is 1. The van der Waals surface area contributed by atoms with E-state index in [4.69, 9.17) is 4.74 Å². The zero-order valence-corrected chi connectivity index (χ0v) is 17.5. The molecule has 1 saturated heterocycles. The maximum Gasteiger partial charge on any atom is 0.338 e. The lowest BCUT2D eigenvalue weighted by molar-refractivity contribution is -0.384. The van der Waals surface area contributed by atoms with Crippen LogP contribution in [0.4, 0.5) is 17.1 Å². The summed E-state index contributed by atoms with van der Waals surface area (Å²) in [6.07, 6.45) is 3.69. The number of benzene rings is 2. The van der Waals surface area contributed by atoms with Gasteiger partial charge in [0.25, 0.3) is 11.6 Å². The first kappa shape index (κ1) is 21.5. The lowest BCUT2D eigenvalue weighted by Gasteiger charge is -2.29. The first-order valence-corrected chi connectivity index (χ1v) is 10.6. The summed E-state index contributed by atoms with van der Waals surface area (Å²) in [5.74, 6) is -0.941. The van der Waals surface area contributed by atoms with Crippen LogP contribution >= 0.6 is 0 Å². The highest BCUT2D eigenvalue weighted by Crippen LogP contribution is 2.30. The average molecular weight is 437 g/mol. The lowest BCUT2D eigenvalue weighted by Crippen LogP contribution is -2.38. The van der Waals surface area contributed by atoms with Gasteiger partial charge < -0.3 is 14.5 Å². The van der Waals surface area contributed by atoms with E-state index in [0.29, 0.717) is 43.6 Å². The Hall–Kier alpha value is -3.75. The summed E-state index contributed by atoms with van der Waals surface area (Å²) >= 11 is 0. The first-order valence-electron chi connectivity index (χ1n) is 10.6. The standard InChI is InChI=1S/C23H23N3O6/c27-21-5-1-2-12-24(21)18-8-6-16(7-9-18)23(29)32-15-22(28)25-13-3-4-17-14-19(26(30)31)10-11-20(17)25/h6-11,14H,1-5,12-13,15H2. The van der Waals surface area contributed by atoms with Gasteiger partial charge in [-0.3, -0.25) is 19.7 Å². The largest absolute Gasteiger partial charge is 0.452 e. The monoisotopic (exact) mass is 437 g/mol. The maximum absolute atomic E-state index is 12.7. The van der Waals surface area contributed by atoms with Gasteiger partial charge in [-0.1, -0.05) is 0 Å². The van der Waals surface area contributed by atoms with Gasteiger partial charge in [0.1, 0.15) is 0 Å². The second kappa shape index (κ2) is 9.17. The normalized spacial score (nSPS) is 15.8. The van der Waals surface area contributed by atoms with Gasteiger partial charge in [-0.2, -0.15) is 0 Å². The van der Waals surface area contributed by atoms with E-state index in [1.165, 1.54) is 17.0 Å². The molecular formula is C23H23N3O6. The second-order valence-electron chi connectivity index (χ2n) is 7.84. The molecule has 2 aliphatic heterocycles. The van der Waals surface area contributed by atoms with Crippen LogP contribution in [0.3, 0.4) is 0 Å². The number of fused-ring (bicyclic) bond motifs is 1. The molecule has 9 nitrogen and oxygen atoms in total. The summed E-state index contributed by atoms with van der Waals surface area (Å²) in [7, 11) is 0. The van der Waals surface area contributed by atoms with Crippen molar-refractivity contribution < 1.29 is 24.0 Å². The molecule has 0 bridgehead atoms. The summed E-state index contributed by atoms with van der Waals surface area (Å²) in [4.78, 5) is 50.9. The van der Waals surface area contributed by atoms with Gasteiger partial charge in [0, 0.05) is 43.0 Å². The Labute approximate surface area is 184 Å². The fourth-order valence-corrected chi connectivity index (χ4v) is 4.10. The van der Waals surface area contributed by atoms with Crippen LogP contribution in [0.5, 0.6) is 0 Å². The highest BCUT2D eigenvalue weighted by molar-refractivity contribution is 5.98. The second-order valence-corrected chi connectivity index (χ2v) is 7.84. The van der Waals surface area contributed by atoms with Crippen molar-refractivity contribution in [2.24, 2.45) is 0 Å². The van der Waals surface area contributed by atoms with Gasteiger partial charge in [0.2, 0.25) is 5.91 Å². The number of anilines is 2. The van der Waals surface area contributed by atoms with E-state index in [1.807, 2.05) is 0 Å². The molecule has 0 aromatic heterocycles. The minimum Gasteiger partial charge on any atom is -0.452 e. The minimum atomic E-state index is -0.629. The Kier molecular flexibility index (Phi) is 6.16. The molecule has 0 radical (unpaired) electrons. The van der Waals surface area contributed by atoms with Crippen molar-refractivity contribution in [2.45, 2.75) is 32.1 Å². The average Bonchev–Trinajstić information content (AvgIpc) is 2.82. The van der Waals surface area contributed by atoms with Crippen molar-refractivity contribution >= 4 is 34.8 Å². The van der Waals surface area contributed by atoms with Crippen LogP contribution in [-0.4, -0.2) is 42.4 Å². The van der Waals surface area contributed by atoms with E-state index in [1.54, 1.807) is 35.2 Å². The molecule has 1 fully saturated rings. The van der Waals surface area contributed by atoms with Gasteiger partial charge in [-0.25, -0.2) is 4.79 Å². The zero-order valence-electron chi connectivity index (χ0n) is 17.5. The lowest BCUT2D eigenvalue weighted by atomic mass is 10.0. The van der Waals surface area contributed by atoms with Gasteiger partial charge in [0.15, 0.2) is 6.61 Å². The molecular weight excluding hydrogens is 414 g/mol. The van der Waals surface area contributed by atoms with Crippen LogP contribution in [0.2, 0.25) is 0 Å². The Morgan fingerprint density at radius 3 is 2.50 bits per heavy atom. The maximum atomic E-state index is 12.7. The molecule has 2 amide bonds. The van der Waals surface area contributed by atoms with E-state index >= 15 is 0 Å². The van der Waals surface area contributed by atoms with Crippen molar-refractivity contribution in [1.82, 2.24) is 0 Å². The third kappa shape index (κ3) is 4.46. The number of amides is 2. The summed E-state index contributed by atoms with van der Waals surface area (Å²) in [5.41, 5.74) is 2.35. The van der Waals surface area contributed by atoms with E-state index in [-0.39, 0.29) is 17.5 Å². The number of ether oxygens (including phenoxy) is 1. The van der Waals surface area contributed by atoms with E-state index in [0.717, 1.165) is 24.1 Å². The summed E-state index contributed by atoms with van der Waals surface area (Å²) in [5, 5.41) is 11.0. The Balaban J connectivity index is 1.38. The van der Waals surface area contributed by atoms with Gasteiger partial charge in [0.05, 0.1) is 10.5 Å². The molecule has 0 unspecified atom stereocenters. The number of aryl methyl sites for hydroxylation is 1. The van der Waals surface area contributed by atoms with Gasteiger partial charge >= 0.3 is 5.97 Å². The predicted octanol–water partition coefficient (Wildman–Crippen LogP) is 3.25.